The van der Waals surface area contributed by atoms with Gasteiger partial charge < -0.3 is 9.47 Å². The van der Waals surface area contributed by atoms with Crippen molar-refractivity contribution in [1.82, 2.24) is 5.73 Å². The van der Waals surface area contributed by atoms with Gasteiger partial charge in [-0.1, -0.05) is 0 Å². The van der Waals surface area contributed by atoms with Crippen LogP contribution in [0, 0.1) is 0 Å². The van der Waals surface area contributed by atoms with E-state index in [1.54, 1.807) is 0 Å². The van der Waals surface area contributed by atoms with Crippen LogP contribution in [-0.4, -0.2) is 26.4 Å². The lowest BCUT2D eigenvalue weighted by Crippen LogP contribution is -2.07. The number of nitrogens with one attached hydrogen (secondary N) is 1. The van der Waals surface area contributed by atoms with Crippen molar-refractivity contribution in [2.75, 3.05) is 20.3 Å². The average molecular weight is 118 g/mol. The van der Waals surface area contributed by atoms with E-state index in [0.29, 0.717) is 6.61 Å². The first-order valence-electron chi connectivity index (χ1n) is 2.14. The maximum atomic E-state index is 9.71. The fourth-order valence-corrected chi connectivity index (χ4v) is 0.218. The van der Waals surface area contributed by atoms with Crippen molar-refractivity contribution >= 4 is 6.09 Å². The van der Waals surface area contributed by atoms with Crippen LogP contribution in [0.2, 0.25) is 0 Å². The molecule has 0 bridgehead atoms. The van der Waals surface area contributed by atoms with Crippen molar-refractivity contribution < 1.29 is 14.3 Å². The first kappa shape index (κ1) is 7.23. The van der Waals surface area contributed by atoms with Gasteiger partial charge in [0.1, 0.15) is 6.61 Å². The number of ether oxygens (including phenoxy) is 2. The van der Waals surface area contributed by atoms with Crippen LogP contribution in [0.1, 0.15) is 0 Å². The molecule has 0 aliphatic carbocycles. The number of methoxy groups -OCH3 is 1. The Morgan fingerprint density at radius 3 is 2.62 bits per heavy atom. The molecule has 0 saturated heterocycles. The lowest BCUT2D eigenvalue weighted by Gasteiger charge is -1.96. The second-order valence-electron chi connectivity index (χ2n) is 1.13. The highest BCUT2D eigenvalue weighted by atomic mass is 16.6. The molecule has 8 heavy (non-hydrogen) atoms. The van der Waals surface area contributed by atoms with Crippen molar-refractivity contribution in [3.05, 3.63) is 0 Å². The molecule has 1 amide bonds. The summed E-state index contributed by atoms with van der Waals surface area (Å²) in [6.45, 7) is 0.517. The Kier molecular flexibility index (Phi) is 3.97. The van der Waals surface area contributed by atoms with Crippen LogP contribution < -0.4 is 5.73 Å². The minimum atomic E-state index is -1.01. The third kappa shape index (κ3) is 5.23. The minimum Gasteiger partial charge on any atom is -0.446 e. The first-order chi connectivity index (χ1) is 3.77. The van der Waals surface area contributed by atoms with Crippen molar-refractivity contribution in [3.8, 4) is 0 Å². The molecule has 0 rings (SSSR count). The molecule has 0 fully saturated rings. The zero-order valence-electron chi connectivity index (χ0n) is 4.64. The number of carbonyl (C=O) groups is 1. The van der Waals surface area contributed by atoms with Gasteiger partial charge in [0.15, 0.2) is 0 Å². The average Bonchev–Trinajstić information content (AvgIpc) is 1.66. The number of hydrogen-bond acceptors (Lipinski definition) is 3. The molecule has 0 aliphatic heterocycles. The Bertz CT molecular complexity index is 73.7. The number of rotatable bonds is 3. The third-order valence-corrected chi connectivity index (χ3v) is 0.521. The van der Waals surface area contributed by atoms with Crippen LogP contribution in [0.4, 0.5) is 4.79 Å². The van der Waals surface area contributed by atoms with Crippen LogP contribution in [0.5, 0.6) is 0 Å². The molecule has 0 unspecified atom stereocenters. The second kappa shape index (κ2) is 4.39. The van der Waals surface area contributed by atoms with Crippen molar-refractivity contribution in [3.63, 3.8) is 0 Å². The Labute approximate surface area is 47.6 Å². The molecule has 0 aromatic rings. The highest BCUT2D eigenvalue weighted by molar-refractivity contribution is 5.63. The van der Waals surface area contributed by atoms with Gasteiger partial charge in [-0.05, 0) is 0 Å². The zero-order chi connectivity index (χ0) is 6.41. The van der Waals surface area contributed by atoms with Crippen LogP contribution in [0.15, 0.2) is 0 Å². The van der Waals surface area contributed by atoms with Crippen LogP contribution in [-0.2, 0) is 9.47 Å². The minimum absolute atomic E-state index is 0.166. The molecule has 0 aromatic carbocycles. The number of hydrogen-bond donors (Lipinski definition) is 0. The molecule has 1 radical (unpaired) electrons. The van der Waals surface area contributed by atoms with Crippen LogP contribution >= 0.6 is 0 Å². The molecule has 4 nitrogen and oxygen atoms in total. The quantitative estimate of drug-likeness (QED) is 0.492. The molecule has 0 aliphatic rings. The van der Waals surface area contributed by atoms with Crippen molar-refractivity contribution in [2.24, 2.45) is 0 Å². The van der Waals surface area contributed by atoms with Crippen molar-refractivity contribution in [2.45, 2.75) is 0 Å². The molecule has 1 N–H and O–H groups in total. The standard InChI is InChI=1S/C4H8NO3/c1-7-2-3-8-4(5)6/h5H,2-3H2,1H3. The highest BCUT2D eigenvalue weighted by Gasteiger charge is 1.90. The summed E-state index contributed by atoms with van der Waals surface area (Å²) in [5.74, 6) is 0. The van der Waals surface area contributed by atoms with Gasteiger partial charge in [-0.25, -0.2) is 10.5 Å². The monoisotopic (exact) mass is 118 g/mol. The largest absolute Gasteiger partial charge is 0.446 e. The predicted octanol–water partition coefficient (Wildman–Crippen LogP) is 0.0523. The summed E-state index contributed by atoms with van der Waals surface area (Å²) in [6.07, 6.45) is -1.01. The van der Waals surface area contributed by atoms with Crippen LogP contribution in [0.25, 0.3) is 0 Å². The summed E-state index contributed by atoms with van der Waals surface area (Å²) in [5, 5.41) is 0. The van der Waals surface area contributed by atoms with E-state index in [1.807, 2.05) is 0 Å². The van der Waals surface area contributed by atoms with Crippen molar-refractivity contribution in [1.29, 1.82) is 0 Å². The second-order valence-corrected chi connectivity index (χ2v) is 1.13. The van der Waals surface area contributed by atoms with Gasteiger partial charge in [-0.2, -0.15) is 0 Å². The maximum Gasteiger partial charge on any atom is 0.426 e. The fourth-order valence-electron chi connectivity index (χ4n) is 0.218. The van der Waals surface area contributed by atoms with Crippen LogP contribution in [0.3, 0.4) is 0 Å². The van der Waals surface area contributed by atoms with Gasteiger partial charge in [0.25, 0.3) is 0 Å². The normalized spacial score (nSPS) is 8.62. The zero-order valence-corrected chi connectivity index (χ0v) is 4.64. The summed E-state index contributed by atoms with van der Waals surface area (Å²) < 4.78 is 8.72. The summed E-state index contributed by atoms with van der Waals surface area (Å²) in [4.78, 5) is 9.71. The van der Waals surface area contributed by atoms with Gasteiger partial charge in [0.2, 0.25) is 0 Å². The Hall–Kier alpha value is -0.770. The topological polar surface area (TPSA) is 59.3 Å². The summed E-state index contributed by atoms with van der Waals surface area (Å²) >= 11 is 0. The Morgan fingerprint density at radius 1 is 1.62 bits per heavy atom. The molecular formula is C4H8NO3. The van der Waals surface area contributed by atoms with E-state index in [9.17, 15) is 4.79 Å². The Morgan fingerprint density at radius 2 is 2.25 bits per heavy atom. The Balaban J connectivity index is 2.82. The van der Waals surface area contributed by atoms with E-state index in [2.05, 4.69) is 9.47 Å². The SMILES string of the molecule is COCCOC([NH])=O. The molecule has 0 heterocycles. The van der Waals surface area contributed by atoms with Gasteiger partial charge in [-0.3, -0.25) is 0 Å². The molecular weight excluding hydrogens is 110 g/mol. The van der Waals surface area contributed by atoms with Gasteiger partial charge in [-0.15, -0.1) is 0 Å². The summed E-state index contributed by atoms with van der Waals surface area (Å²) in [7, 11) is 1.50. The van der Waals surface area contributed by atoms with Gasteiger partial charge in [0.05, 0.1) is 6.61 Å². The van der Waals surface area contributed by atoms with E-state index < -0.39 is 6.09 Å². The fraction of sp³-hybridized carbons (Fsp3) is 0.750. The molecule has 4 heteroatoms. The summed E-state index contributed by atoms with van der Waals surface area (Å²) in [5.41, 5.74) is 6.24. The molecule has 0 saturated carbocycles. The lowest BCUT2D eigenvalue weighted by atomic mass is 10.8. The highest BCUT2D eigenvalue weighted by Crippen LogP contribution is 1.74. The van der Waals surface area contributed by atoms with E-state index >= 15 is 0 Å². The maximum absolute atomic E-state index is 9.71. The summed E-state index contributed by atoms with van der Waals surface area (Å²) in [6, 6.07) is 0. The molecule has 47 valence electrons. The molecule has 0 spiro atoms. The first-order valence-corrected chi connectivity index (χ1v) is 2.14. The number of amides is 1. The molecule has 0 atom stereocenters. The van der Waals surface area contributed by atoms with Gasteiger partial charge >= 0.3 is 6.09 Å². The third-order valence-electron chi connectivity index (χ3n) is 0.521. The van der Waals surface area contributed by atoms with E-state index in [-0.39, 0.29) is 6.61 Å². The van der Waals surface area contributed by atoms with E-state index in [4.69, 9.17) is 5.73 Å². The number of carbonyl (C=O) groups excluding carboxylic acids is 1. The van der Waals surface area contributed by atoms with Gasteiger partial charge in [0, 0.05) is 7.11 Å². The van der Waals surface area contributed by atoms with E-state index in [0.717, 1.165) is 0 Å². The predicted molar refractivity (Wildman–Crippen MR) is 26.3 cm³/mol. The lowest BCUT2D eigenvalue weighted by molar-refractivity contribution is 0.103. The molecule has 0 aromatic heterocycles. The smallest absolute Gasteiger partial charge is 0.426 e. The van der Waals surface area contributed by atoms with E-state index in [1.165, 1.54) is 7.11 Å².